The van der Waals surface area contributed by atoms with Crippen LogP contribution in [0.2, 0.25) is 0 Å². The van der Waals surface area contributed by atoms with Gasteiger partial charge in [-0.15, -0.1) is 0 Å². The number of nitrogens with zero attached hydrogens (tertiary/aromatic N) is 9. The summed E-state index contributed by atoms with van der Waals surface area (Å²) in [6.07, 6.45) is -22.3. The quantitative estimate of drug-likeness (QED) is 0.180. The van der Waals surface area contributed by atoms with Gasteiger partial charge >= 0.3 is 24.7 Å². The molecule has 0 spiro atoms. The Hall–Kier alpha value is -7.93. The van der Waals surface area contributed by atoms with Crippen molar-refractivity contribution in [1.82, 2.24) is 9.97 Å². The van der Waals surface area contributed by atoms with E-state index < -0.39 is 131 Å². The minimum atomic E-state index is -5.57. The fourth-order valence-electron chi connectivity index (χ4n) is 5.99. The molecule has 0 bridgehead atoms. The van der Waals surface area contributed by atoms with Crippen molar-refractivity contribution in [3.63, 3.8) is 0 Å². The average Bonchev–Trinajstić information content (AvgIpc) is 3.62. The van der Waals surface area contributed by atoms with Crippen molar-refractivity contribution >= 4 is 33.4 Å². The molecule has 0 fully saturated rings. The van der Waals surface area contributed by atoms with Crippen LogP contribution in [0.1, 0.15) is 61.7 Å². The zero-order chi connectivity index (χ0) is 41.9. The van der Waals surface area contributed by atoms with Gasteiger partial charge in [-0.1, -0.05) is 0 Å². The molecule has 3 aromatic rings. The van der Waals surface area contributed by atoms with Crippen LogP contribution >= 0.6 is 0 Å². The van der Waals surface area contributed by atoms with E-state index in [4.69, 9.17) is 0 Å². The highest BCUT2D eigenvalue weighted by Crippen LogP contribution is 2.57. The van der Waals surface area contributed by atoms with Crippen LogP contribution in [0, 0.1) is 79.3 Å². The molecule has 2 aromatic heterocycles. The van der Waals surface area contributed by atoms with E-state index in [0.717, 1.165) is 6.07 Å². The molecule has 56 heavy (non-hydrogen) atoms. The second-order valence-corrected chi connectivity index (χ2v) is 11.1. The Bertz CT molecular complexity index is 2490. The van der Waals surface area contributed by atoms with Crippen LogP contribution < -0.4 is 0 Å². The van der Waals surface area contributed by atoms with Crippen LogP contribution in [0.25, 0.3) is 33.4 Å². The van der Waals surface area contributed by atoms with Crippen molar-refractivity contribution < 1.29 is 52.7 Å². The summed E-state index contributed by atoms with van der Waals surface area (Å²) in [5.41, 5.74) is -22.7. The third-order valence-corrected chi connectivity index (χ3v) is 8.04. The molecule has 5 rings (SSSR count). The molecule has 0 radical (unpaired) electrons. The van der Waals surface area contributed by atoms with Crippen molar-refractivity contribution in [2.24, 2.45) is 0 Å². The zero-order valence-corrected chi connectivity index (χ0v) is 26.4. The van der Waals surface area contributed by atoms with E-state index in [0.29, 0.717) is 0 Å². The smallest absolute Gasteiger partial charge is 0.239 e. The maximum atomic E-state index is 13.9. The van der Waals surface area contributed by atoms with Gasteiger partial charge in [0.15, 0.2) is 0 Å². The summed E-state index contributed by atoms with van der Waals surface area (Å²) in [6.45, 7) is 0. The van der Waals surface area contributed by atoms with Gasteiger partial charge in [0.2, 0.25) is 0 Å². The van der Waals surface area contributed by atoms with Gasteiger partial charge in [0.05, 0.1) is 16.7 Å². The normalized spacial score (nSPS) is 13.7. The molecule has 2 aliphatic rings. The van der Waals surface area contributed by atoms with E-state index in [1.165, 1.54) is 36.4 Å². The molecule has 9 nitrogen and oxygen atoms in total. The maximum absolute atomic E-state index is 13.9. The molecule has 0 saturated carbocycles. The zero-order valence-electron chi connectivity index (χ0n) is 26.4. The Morgan fingerprint density at radius 1 is 0.429 bits per heavy atom. The van der Waals surface area contributed by atoms with Crippen LogP contribution in [0.3, 0.4) is 0 Å². The van der Waals surface area contributed by atoms with Gasteiger partial charge in [-0.2, -0.15) is 89.5 Å². The lowest BCUT2D eigenvalue weighted by Crippen LogP contribution is -2.16. The largest absolute Gasteiger partial charge is 0.433 e. The van der Waals surface area contributed by atoms with Gasteiger partial charge in [-0.25, -0.2) is 9.97 Å². The molecule has 274 valence electrons. The van der Waals surface area contributed by atoms with Gasteiger partial charge in [-0.3, -0.25) is 0 Å². The van der Waals surface area contributed by atoms with Gasteiger partial charge in [0.1, 0.15) is 76.4 Å². The maximum Gasteiger partial charge on any atom is 0.433 e. The van der Waals surface area contributed by atoms with Crippen LogP contribution in [0.4, 0.5) is 52.7 Å². The summed E-state index contributed by atoms with van der Waals surface area (Å²) >= 11 is 0. The Morgan fingerprint density at radius 2 is 0.714 bits per heavy atom. The number of aromatic nitrogens is 2. The molecular formula is C35H5F12N9. The van der Waals surface area contributed by atoms with E-state index in [2.05, 4.69) is 9.97 Å². The summed E-state index contributed by atoms with van der Waals surface area (Å²) in [6, 6.07) is 10.8. The van der Waals surface area contributed by atoms with Crippen LogP contribution in [-0.4, -0.2) is 9.97 Å². The topological polar surface area (TPSA) is 192 Å². The van der Waals surface area contributed by atoms with E-state index in [1.807, 2.05) is 0 Å². The second kappa shape index (κ2) is 13.2. The SMILES string of the molecule is N#CC(C#N)=C1C(c2cc(C(F)(F)F)nc(C(F)(F)F)c2)=C(C#N)c2cc3c(c(C#N)c21)C(=C(C#N)C#N)C(c1cc(C(F)(F)F)nc(C(F)(F)F)c1)=C3C#N. The highest BCUT2D eigenvalue weighted by molar-refractivity contribution is 6.31. The molecule has 0 unspecified atom stereocenters. The summed E-state index contributed by atoms with van der Waals surface area (Å²) in [7, 11) is 0. The number of rotatable bonds is 2. The number of nitriles is 7. The molecule has 0 aliphatic heterocycles. The molecule has 0 N–H and O–H groups in total. The molecule has 0 saturated heterocycles. The van der Waals surface area contributed by atoms with Gasteiger partial charge in [0, 0.05) is 44.5 Å². The Morgan fingerprint density at radius 3 is 0.929 bits per heavy atom. The number of hydrogen-bond acceptors (Lipinski definition) is 9. The van der Waals surface area contributed by atoms with Crippen LogP contribution in [0.5, 0.6) is 0 Å². The predicted octanol–water partition coefficient (Wildman–Crippen LogP) is 8.92. The first-order chi connectivity index (χ1) is 26.0. The van der Waals surface area contributed by atoms with E-state index in [-0.39, 0.29) is 24.3 Å². The lowest BCUT2D eigenvalue weighted by atomic mass is 9.84. The monoisotopic (exact) mass is 779 g/mol. The lowest BCUT2D eigenvalue weighted by molar-refractivity contribution is -0.151. The van der Waals surface area contributed by atoms with E-state index >= 15 is 0 Å². The van der Waals surface area contributed by atoms with Crippen LogP contribution in [-0.2, 0) is 24.7 Å². The number of benzene rings is 1. The predicted molar refractivity (Wildman–Crippen MR) is 161 cm³/mol. The third kappa shape index (κ3) is 6.28. The Kier molecular flexibility index (Phi) is 9.24. The number of hydrogen-bond donors (Lipinski definition) is 0. The second-order valence-electron chi connectivity index (χ2n) is 11.1. The van der Waals surface area contributed by atoms with Crippen molar-refractivity contribution in [3.8, 4) is 42.5 Å². The van der Waals surface area contributed by atoms with Crippen molar-refractivity contribution in [3.05, 3.63) is 103 Å². The van der Waals surface area contributed by atoms with Crippen molar-refractivity contribution in [1.29, 1.82) is 36.8 Å². The molecule has 1 aromatic carbocycles. The highest BCUT2D eigenvalue weighted by Gasteiger charge is 2.45. The van der Waals surface area contributed by atoms with Crippen molar-refractivity contribution in [2.75, 3.05) is 0 Å². The summed E-state index contributed by atoms with van der Waals surface area (Å²) in [4.78, 5) is 5.16. The minimum absolute atomic E-state index is 0.0350. The molecule has 0 amide bonds. The average molecular weight is 779 g/mol. The Balaban J connectivity index is 2.05. The van der Waals surface area contributed by atoms with E-state index in [9.17, 15) is 89.5 Å². The summed E-state index contributed by atoms with van der Waals surface area (Å²) in [5, 5.41) is 70.8. The summed E-state index contributed by atoms with van der Waals surface area (Å²) < 4.78 is 166. The highest BCUT2D eigenvalue weighted by atomic mass is 19.4. The number of halogens is 12. The number of fused-ring (bicyclic) bond motifs is 2. The molecular weight excluding hydrogens is 774 g/mol. The fourth-order valence-corrected chi connectivity index (χ4v) is 5.99. The lowest BCUT2D eigenvalue weighted by Gasteiger charge is -2.17. The molecule has 21 heteroatoms. The molecule has 0 atom stereocenters. The third-order valence-electron chi connectivity index (χ3n) is 8.04. The first-order valence-electron chi connectivity index (χ1n) is 14.4. The number of allylic oxidation sites excluding steroid dienone is 8. The standard InChI is InChI=1S/C35H5F12N9/c36-32(37,38)22-1-13(2-23(55-22)33(39,40)41)26-19(10-52)17-5-18-20(11-53)27(14-3-24(34(42,43)44)56-25(4-14)35(45,46)47)29(16(8-50)9-51)31(18)21(12-54)30(17)28(26)15(6-48)7-49/h1-5H. The molecule has 2 heterocycles. The van der Waals surface area contributed by atoms with Gasteiger partial charge in [0.25, 0.3) is 0 Å². The Labute approximate surface area is 303 Å². The first kappa shape index (κ1) is 39.3. The first-order valence-corrected chi connectivity index (χ1v) is 14.4. The van der Waals surface area contributed by atoms with Crippen LogP contribution in [0.15, 0.2) is 41.5 Å². The van der Waals surface area contributed by atoms with E-state index in [1.54, 1.807) is 6.07 Å². The van der Waals surface area contributed by atoms with Crippen molar-refractivity contribution in [2.45, 2.75) is 24.7 Å². The van der Waals surface area contributed by atoms with Gasteiger partial charge < -0.3 is 0 Å². The fraction of sp³-hybridized carbons (Fsp3) is 0.114. The number of pyridine rings is 2. The minimum Gasteiger partial charge on any atom is -0.239 e. The molecule has 2 aliphatic carbocycles. The van der Waals surface area contributed by atoms with Gasteiger partial charge in [-0.05, 0) is 41.5 Å². The summed E-state index contributed by atoms with van der Waals surface area (Å²) in [5.74, 6) is 0. The number of alkyl halides is 12.